The third-order valence-electron chi connectivity index (χ3n) is 7.56. The minimum atomic E-state index is -0.794. The Bertz CT molecular complexity index is 1140. The van der Waals surface area contributed by atoms with Crippen LogP contribution in [0.15, 0.2) is 79.1 Å². The van der Waals surface area contributed by atoms with E-state index in [-0.39, 0.29) is 23.8 Å². The van der Waals surface area contributed by atoms with E-state index >= 15 is 0 Å². The van der Waals surface area contributed by atoms with Gasteiger partial charge in [0.2, 0.25) is 11.8 Å². The molecule has 1 heterocycles. The quantitative estimate of drug-likeness (QED) is 0.488. The first kappa shape index (κ1) is 23.3. The van der Waals surface area contributed by atoms with Crippen molar-refractivity contribution in [1.82, 2.24) is 15.6 Å². The standard InChI is InChI=1S/C30H33N3O2/c34-29(27(23-13-4-5-14-23)22-11-2-1-3-12-22)33-28(24-16-9-19-31-20-24)30(35)32-26-18-8-15-21-10-6-7-17-25(21)26/h1-3,6-7,9-12,16-17,19-20,23,26-28H,4-5,8,13-15,18H2,(H,32,35)(H,33,34). The van der Waals surface area contributed by atoms with E-state index in [1.807, 2.05) is 48.5 Å². The van der Waals surface area contributed by atoms with E-state index < -0.39 is 6.04 Å². The van der Waals surface area contributed by atoms with Gasteiger partial charge in [0.1, 0.15) is 6.04 Å². The number of hydrogen-bond acceptors (Lipinski definition) is 3. The lowest BCUT2D eigenvalue weighted by molar-refractivity contribution is -0.131. The average Bonchev–Trinajstić information content (AvgIpc) is 3.43. The van der Waals surface area contributed by atoms with Crippen LogP contribution >= 0.6 is 0 Å². The van der Waals surface area contributed by atoms with Gasteiger partial charge in [-0.05, 0) is 60.8 Å². The summed E-state index contributed by atoms with van der Waals surface area (Å²) in [6, 6.07) is 21.1. The van der Waals surface area contributed by atoms with E-state index in [9.17, 15) is 9.59 Å². The smallest absolute Gasteiger partial charge is 0.247 e. The van der Waals surface area contributed by atoms with Gasteiger partial charge in [-0.2, -0.15) is 0 Å². The Morgan fingerprint density at radius 3 is 2.31 bits per heavy atom. The summed E-state index contributed by atoms with van der Waals surface area (Å²) in [4.78, 5) is 31.7. The van der Waals surface area contributed by atoms with E-state index in [0.717, 1.165) is 50.5 Å². The maximum atomic E-state index is 13.8. The number of amides is 2. The molecule has 0 radical (unpaired) electrons. The second kappa shape index (κ2) is 10.9. The molecule has 3 unspecified atom stereocenters. The Morgan fingerprint density at radius 2 is 1.54 bits per heavy atom. The molecule has 3 aromatic rings. The molecule has 2 aliphatic carbocycles. The van der Waals surface area contributed by atoms with Crippen molar-refractivity contribution in [2.24, 2.45) is 5.92 Å². The molecular formula is C30H33N3O2. The predicted molar refractivity (Wildman–Crippen MR) is 137 cm³/mol. The molecule has 5 nitrogen and oxygen atoms in total. The van der Waals surface area contributed by atoms with Gasteiger partial charge in [0, 0.05) is 18.0 Å². The largest absolute Gasteiger partial charge is 0.347 e. The molecule has 0 aliphatic heterocycles. The highest BCUT2D eigenvalue weighted by molar-refractivity contribution is 5.91. The van der Waals surface area contributed by atoms with Crippen LogP contribution in [0.5, 0.6) is 0 Å². The van der Waals surface area contributed by atoms with Crippen LogP contribution < -0.4 is 10.6 Å². The fourth-order valence-electron chi connectivity index (χ4n) is 5.83. The van der Waals surface area contributed by atoms with E-state index in [4.69, 9.17) is 0 Å². The van der Waals surface area contributed by atoms with Crippen molar-refractivity contribution in [1.29, 1.82) is 0 Å². The lowest BCUT2D eigenvalue weighted by Crippen LogP contribution is -2.44. The summed E-state index contributed by atoms with van der Waals surface area (Å²) < 4.78 is 0. The molecule has 2 N–H and O–H groups in total. The molecular weight excluding hydrogens is 434 g/mol. The van der Waals surface area contributed by atoms with Gasteiger partial charge >= 0.3 is 0 Å². The summed E-state index contributed by atoms with van der Waals surface area (Å²) in [5, 5.41) is 6.38. The molecule has 180 valence electrons. The lowest BCUT2D eigenvalue weighted by Gasteiger charge is -2.30. The SMILES string of the molecule is O=C(NC1CCCc2ccccc21)C(NC(=O)C(c1ccccc1)C1CCCC1)c1cccnc1. The summed E-state index contributed by atoms with van der Waals surface area (Å²) >= 11 is 0. The fourth-order valence-corrected chi connectivity index (χ4v) is 5.83. The number of carbonyl (C=O) groups is 2. The molecule has 2 amide bonds. The van der Waals surface area contributed by atoms with Crippen LogP contribution in [0.3, 0.4) is 0 Å². The van der Waals surface area contributed by atoms with Crippen molar-refractivity contribution in [3.8, 4) is 0 Å². The maximum absolute atomic E-state index is 13.8. The molecule has 0 bridgehead atoms. The summed E-state index contributed by atoms with van der Waals surface area (Å²) in [5.41, 5.74) is 4.18. The van der Waals surface area contributed by atoms with Crippen molar-refractivity contribution in [2.75, 3.05) is 0 Å². The highest BCUT2D eigenvalue weighted by Crippen LogP contribution is 2.38. The van der Waals surface area contributed by atoms with Gasteiger partial charge in [-0.15, -0.1) is 0 Å². The van der Waals surface area contributed by atoms with Crippen LogP contribution in [0.4, 0.5) is 0 Å². The molecule has 2 aliphatic rings. The topological polar surface area (TPSA) is 71.1 Å². The van der Waals surface area contributed by atoms with Crippen LogP contribution in [0.1, 0.15) is 78.8 Å². The number of carbonyl (C=O) groups excluding carboxylic acids is 2. The highest BCUT2D eigenvalue weighted by atomic mass is 16.2. The number of fused-ring (bicyclic) bond motifs is 1. The molecule has 1 aromatic heterocycles. The second-order valence-electron chi connectivity index (χ2n) is 9.81. The number of hydrogen-bond donors (Lipinski definition) is 2. The molecule has 0 saturated heterocycles. The molecule has 3 atom stereocenters. The summed E-state index contributed by atoms with van der Waals surface area (Å²) in [6.07, 6.45) is 10.7. The van der Waals surface area contributed by atoms with Crippen LogP contribution in [0, 0.1) is 5.92 Å². The van der Waals surface area contributed by atoms with E-state index in [0.29, 0.717) is 11.5 Å². The molecule has 1 saturated carbocycles. The van der Waals surface area contributed by atoms with Crippen LogP contribution in [-0.4, -0.2) is 16.8 Å². The molecule has 1 fully saturated rings. The summed E-state index contributed by atoms with van der Waals surface area (Å²) in [7, 11) is 0. The number of nitrogens with one attached hydrogen (secondary N) is 2. The van der Waals surface area contributed by atoms with Gasteiger partial charge < -0.3 is 10.6 Å². The molecule has 5 heteroatoms. The number of nitrogens with zero attached hydrogens (tertiary/aromatic N) is 1. The Kier molecular flexibility index (Phi) is 7.22. The zero-order chi connectivity index (χ0) is 24.0. The fraction of sp³-hybridized carbons (Fsp3) is 0.367. The summed E-state index contributed by atoms with van der Waals surface area (Å²) in [6.45, 7) is 0. The van der Waals surface area contributed by atoms with E-state index in [2.05, 4.69) is 33.8 Å². The molecule has 0 spiro atoms. The molecule has 5 rings (SSSR count). The van der Waals surface area contributed by atoms with Crippen molar-refractivity contribution < 1.29 is 9.59 Å². The van der Waals surface area contributed by atoms with Gasteiger partial charge in [0.05, 0.1) is 12.0 Å². The van der Waals surface area contributed by atoms with Crippen molar-refractivity contribution in [3.63, 3.8) is 0 Å². The first-order chi connectivity index (χ1) is 17.2. The minimum Gasteiger partial charge on any atom is -0.347 e. The zero-order valence-corrected chi connectivity index (χ0v) is 20.0. The van der Waals surface area contributed by atoms with Crippen LogP contribution in [0.2, 0.25) is 0 Å². The monoisotopic (exact) mass is 467 g/mol. The average molecular weight is 468 g/mol. The Hall–Kier alpha value is -3.47. The predicted octanol–water partition coefficient (Wildman–Crippen LogP) is 5.41. The summed E-state index contributed by atoms with van der Waals surface area (Å²) in [5.74, 6) is -0.247. The third-order valence-corrected chi connectivity index (χ3v) is 7.56. The number of rotatable bonds is 7. The normalized spacial score (nSPS) is 19.4. The van der Waals surface area contributed by atoms with Crippen molar-refractivity contribution >= 4 is 11.8 Å². The van der Waals surface area contributed by atoms with Crippen LogP contribution in [0.25, 0.3) is 0 Å². The Morgan fingerprint density at radius 1 is 0.800 bits per heavy atom. The van der Waals surface area contributed by atoms with Crippen LogP contribution in [-0.2, 0) is 16.0 Å². The number of benzene rings is 2. The Labute approximate surface area is 207 Å². The molecule has 35 heavy (non-hydrogen) atoms. The Balaban J connectivity index is 1.40. The third kappa shape index (κ3) is 5.29. The lowest BCUT2D eigenvalue weighted by atomic mass is 9.83. The number of pyridine rings is 1. The van der Waals surface area contributed by atoms with Gasteiger partial charge in [0.25, 0.3) is 0 Å². The van der Waals surface area contributed by atoms with Gasteiger partial charge in [-0.3, -0.25) is 14.6 Å². The van der Waals surface area contributed by atoms with E-state index in [1.165, 1.54) is 11.1 Å². The maximum Gasteiger partial charge on any atom is 0.247 e. The highest BCUT2D eigenvalue weighted by Gasteiger charge is 2.35. The van der Waals surface area contributed by atoms with Gasteiger partial charge in [0.15, 0.2) is 0 Å². The zero-order valence-electron chi connectivity index (χ0n) is 20.0. The second-order valence-corrected chi connectivity index (χ2v) is 9.81. The number of aromatic nitrogens is 1. The number of aryl methyl sites for hydroxylation is 1. The van der Waals surface area contributed by atoms with Crippen molar-refractivity contribution in [2.45, 2.75) is 62.9 Å². The first-order valence-electron chi connectivity index (χ1n) is 12.8. The first-order valence-corrected chi connectivity index (χ1v) is 12.8. The van der Waals surface area contributed by atoms with E-state index in [1.54, 1.807) is 12.4 Å². The van der Waals surface area contributed by atoms with Gasteiger partial charge in [-0.1, -0.05) is 73.5 Å². The van der Waals surface area contributed by atoms with Gasteiger partial charge in [-0.25, -0.2) is 0 Å². The van der Waals surface area contributed by atoms with Crippen molar-refractivity contribution in [3.05, 3.63) is 101 Å². The molecule has 2 aromatic carbocycles. The minimum absolute atomic E-state index is 0.0525.